The maximum absolute atomic E-state index is 5.34. The Morgan fingerprint density at radius 1 is 1.41 bits per heavy atom. The molecule has 1 N–H and O–H groups in total. The topological polar surface area (TPSA) is 73.1 Å². The summed E-state index contributed by atoms with van der Waals surface area (Å²) in [5.41, 5.74) is 0.850. The maximum atomic E-state index is 5.34. The van der Waals surface area contributed by atoms with Crippen molar-refractivity contribution in [1.29, 1.82) is 0 Å². The number of rotatable bonds is 5. The van der Waals surface area contributed by atoms with Crippen LogP contribution in [0.1, 0.15) is 18.4 Å². The Balaban J connectivity index is 2.04. The lowest BCUT2D eigenvalue weighted by atomic mass is 10.4. The van der Waals surface area contributed by atoms with Crippen molar-refractivity contribution in [2.75, 3.05) is 11.9 Å². The largest absolute Gasteiger partial charge is 0.478 e. The minimum atomic E-state index is 0.495. The molecule has 0 amide bonds. The van der Waals surface area contributed by atoms with Crippen molar-refractivity contribution in [3.05, 3.63) is 29.8 Å². The smallest absolute Gasteiger partial charge is 0.226 e. The standard InChI is InChI=1S/C11H14N4O2/c1-3-16-10-6-8(2)14-11(15-10)12-7-9-4-5-13-17-9/h4-6H,3,7H2,1-2H3,(H,12,14,15). The van der Waals surface area contributed by atoms with E-state index >= 15 is 0 Å². The highest BCUT2D eigenvalue weighted by molar-refractivity contribution is 5.30. The van der Waals surface area contributed by atoms with E-state index in [1.165, 1.54) is 0 Å². The lowest BCUT2D eigenvalue weighted by Gasteiger charge is -2.06. The van der Waals surface area contributed by atoms with Crippen molar-refractivity contribution in [1.82, 2.24) is 15.1 Å². The third-order valence-electron chi connectivity index (χ3n) is 2.03. The lowest BCUT2D eigenvalue weighted by molar-refractivity contribution is 0.326. The van der Waals surface area contributed by atoms with Crippen molar-refractivity contribution in [3.8, 4) is 5.88 Å². The van der Waals surface area contributed by atoms with Crippen LogP contribution in [0.2, 0.25) is 0 Å². The van der Waals surface area contributed by atoms with E-state index in [4.69, 9.17) is 9.26 Å². The molecule has 17 heavy (non-hydrogen) atoms. The van der Waals surface area contributed by atoms with Gasteiger partial charge in [-0.1, -0.05) is 5.16 Å². The van der Waals surface area contributed by atoms with Crippen LogP contribution in [-0.2, 0) is 6.54 Å². The molecular formula is C11H14N4O2. The Kier molecular flexibility index (Phi) is 3.54. The summed E-state index contributed by atoms with van der Waals surface area (Å²) in [6.45, 7) is 4.88. The quantitative estimate of drug-likeness (QED) is 0.850. The van der Waals surface area contributed by atoms with Gasteiger partial charge in [-0.25, -0.2) is 4.98 Å². The van der Waals surface area contributed by atoms with Crippen LogP contribution >= 0.6 is 0 Å². The molecule has 90 valence electrons. The maximum Gasteiger partial charge on any atom is 0.226 e. The van der Waals surface area contributed by atoms with Crippen LogP contribution in [0.15, 0.2) is 22.9 Å². The van der Waals surface area contributed by atoms with Crippen molar-refractivity contribution in [3.63, 3.8) is 0 Å². The number of anilines is 1. The van der Waals surface area contributed by atoms with Gasteiger partial charge in [-0.05, 0) is 13.8 Å². The molecule has 0 radical (unpaired) electrons. The summed E-state index contributed by atoms with van der Waals surface area (Å²) in [7, 11) is 0. The molecule has 0 aliphatic rings. The summed E-state index contributed by atoms with van der Waals surface area (Å²) in [6.07, 6.45) is 1.60. The van der Waals surface area contributed by atoms with Crippen LogP contribution in [-0.4, -0.2) is 21.7 Å². The van der Waals surface area contributed by atoms with E-state index in [0.717, 1.165) is 11.5 Å². The molecule has 0 atom stereocenters. The minimum absolute atomic E-state index is 0.495. The molecule has 2 aromatic heterocycles. The molecule has 2 aromatic rings. The summed E-state index contributed by atoms with van der Waals surface area (Å²) < 4.78 is 10.3. The monoisotopic (exact) mass is 234 g/mol. The Bertz CT molecular complexity index is 470. The number of hydrogen-bond acceptors (Lipinski definition) is 6. The average Bonchev–Trinajstić information content (AvgIpc) is 2.79. The molecule has 0 aromatic carbocycles. The van der Waals surface area contributed by atoms with Gasteiger partial charge in [0.25, 0.3) is 0 Å². The molecule has 0 fully saturated rings. The molecule has 0 bridgehead atoms. The van der Waals surface area contributed by atoms with Crippen LogP contribution in [0.4, 0.5) is 5.95 Å². The third-order valence-corrected chi connectivity index (χ3v) is 2.03. The zero-order valence-corrected chi connectivity index (χ0v) is 9.80. The second-order valence-corrected chi connectivity index (χ2v) is 3.44. The summed E-state index contributed by atoms with van der Waals surface area (Å²) in [4.78, 5) is 8.47. The van der Waals surface area contributed by atoms with Crippen LogP contribution in [0, 0.1) is 6.92 Å². The summed E-state index contributed by atoms with van der Waals surface area (Å²) in [5.74, 6) is 1.82. The second kappa shape index (κ2) is 5.29. The van der Waals surface area contributed by atoms with Crippen LogP contribution in [0.25, 0.3) is 0 Å². The van der Waals surface area contributed by atoms with Crippen LogP contribution in [0.3, 0.4) is 0 Å². The Labute approximate surface area is 99.0 Å². The van der Waals surface area contributed by atoms with Gasteiger partial charge < -0.3 is 14.6 Å². The van der Waals surface area contributed by atoms with E-state index in [9.17, 15) is 0 Å². The van der Waals surface area contributed by atoms with Crippen LogP contribution in [0.5, 0.6) is 5.88 Å². The minimum Gasteiger partial charge on any atom is -0.478 e. The molecule has 0 aliphatic heterocycles. The first-order valence-electron chi connectivity index (χ1n) is 5.40. The van der Waals surface area contributed by atoms with E-state index < -0.39 is 0 Å². The normalized spacial score (nSPS) is 10.2. The van der Waals surface area contributed by atoms with E-state index in [0.29, 0.717) is 25.0 Å². The van der Waals surface area contributed by atoms with Gasteiger partial charge in [0.05, 0.1) is 19.3 Å². The number of aryl methyl sites for hydroxylation is 1. The molecule has 0 saturated heterocycles. The highest BCUT2D eigenvalue weighted by atomic mass is 16.5. The van der Waals surface area contributed by atoms with Crippen molar-refractivity contribution in [2.24, 2.45) is 0 Å². The fraction of sp³-hybridized carbons (Fsp3) is 0.364. The van der Waals surface area contributed by atoms with E-state index in [-0.39, 0.29) is 0 Å². The molecule has 6 nitrogen and oxygen atoms in total. The van der Waals surface area contributed by atoms with Crippen molar-refractivity contribution < 1.29 is 9.26 Å². The SMILES string of the molecule is CCOc1cc(C)nc(NCc2ccno2)n1. The van der Waals surface area contributed by atoms with Crippen molar-refractivity contribution >= 4 is 5.95 Å². The Morgan fingerprint density at radius 3 is 3.00 bits per heavy atom. The van der Waals surface area contributed by atoms with Crippen molar-refractivity contribution in [2.45, 2.75) is 20.4 Å². The molecule has 2 heterocycles. The molecule has 0 saturated carbocycles. The first kappa shape index (κ1) is 11.4. The second-order valence-electron chi connectivity index (χ2n) is 3.44. The Hall–Kier alpha value is -2.11. The van der Waals surface area contributed by atoms with E-state index in [2.05, 4.69) is 20.4 Å². The molecule has 0 unspecified atom stereocenters. The summed E-state index contributed by atoms with van der Waals surface area (Å²) >= 11 is 0. The first-order valence-corrected chi connectivity index (χ1v) is 5.40. The number of hydrogen-bond donors (Lipinski definition) is 1. The lowest BCUT2D eigenvalue weighted by Crippen LogP contribution is -2.05. The van der Waals surface area contributed by atoms with Gasteiger partial charge in [0.2, 0.25) is 11.8 Å². The van der Waals surface area contributed by atoms with Gasteiger partial charge in [-0.2, -0.15) is 4.98 Å². The van der Waals surface area contributed by atoms with E-state index in [1.54, 1.807) is 18.3 Å². The van der Waals surface area contributed by atoms with E-state index in [1.807, 2.05) is 13.8 Å². The zero-order chi connectivity index (χ0) is 12.1. The fourth-order valence-electron chi connectivity index (χ4n) is 1.34. The van der Waals surface area contributed by atoms with Gasteiger partial charge in [-0.15, -0.1) is 0 Å². The number of nitrogens with zero attached hydrogens (tertiary/aromatic N) is 3. The number of nitrogens with one attached hydrogen (secondary N) is 1. The number of ether oxygens (including phenoxy) is 1. The predicted molar refractivity (Wildman–Crippen MR) is 61.8 cm³/mol. The molecule has 0 spiro atoms. The zero-order valence-electron chi connectivity index (χ0n) is 9.80. The van der Waals surface area contributed by atoms with Gasteiger partial charge >= 0.3 is 0 Å². The highest BCUT2D eigenvalue weighted by Crippen LogP contribution is 2.12. The Morgan fingerprint density at radius 2 is 2.29 bits per heavy atom. The highest BCUT2D eigenvalue weighted by Gasteiger charge is 2.03. The molecule has 6 heteroatoms. The predicted octanol–water partition coefficient (Wildman–Crippen LogP) is 1.78. The number of aromatic nitrogens is 3. The molecule has 0 aliphatic carbocycles. The molecular weight excluding hydrogens is 220 g/mol. The third kappa shape index (κ3) is 3.17. The fourth-order valence-corrected chi connectivity index (χ4v) is 1.34. The van der Waals surface area contributed by atoms with Gasteiger partial charge in [0.1, 0.15) is 0 Å². The first-order chi connectivity index (χ1) is 8.28. The van der Waals surface area contributed by atoms with Gasteiger partial charge in [0, 0.05) is 17.8 Å². The summed E-state index contributed by atoms with van der Waals surface area (Å²) in [6, 6.07) is 3.58. The van der Waals surface area contributed by atoms with Gasteiger partial charge in [-0.3, -0.25) is 0 Å². The summed E-state index contributed by atoms with van der Waals surface area (Å²) in [5, 5.41) is 6.67. The van der Waals surface area contributed by atoms with Gasteiger partial charge in [0.15, 0.2) is 5.76 Å². The van der Waals surface area contributed by atoms with Crippen LogP contribution < -0.4 is 10.1 Å². The average molecular weight is 234 g/mol. The molecule has 2 rings (SSSR count).